The molecule has 1 amide bonds. The highest BCUT2D eigenvalue weighted by Gasteiger charge is 2.18. The van der Waals surface area contributed by atoms with Gasteiger partial charge in [0.25, 0.3) is 0 Å². The van der Waals surface area contributed by atoms with E-state index in [1.54, 1.807) is 6.08 Å². The maximum atomic E-state index is 12.5. The van der Waals surface area contributed by atoms with Gasteiger partial charge in [0, 0.05) is 6.42 Å². The first kappa shape index (κ1) is 75.3. The molecule has 0 fully saturated rings. The number of hydrogen-bond acceptors (Lipinski definition) is 3. The standard InChI is InChI=1S/C74H133NO3/c1-3-5-7-9-11-13-15-17-19-21-23-25-27-29-31-33-35-36-37-38-40-42-44-46-48-50-52-54-56-58-60-62-64-66-68-70-74(78)75-72(71-76)73(77)69-67-65-63-61-59-57-55-53-51-49-47-45-43-41-39-34-32-30-28-26-24-22-20-18-16-14-12-10-8-6-4-2/h5,7,11,13,17,19,23,25,29,31,35-36,59,61,67,69,72-73,76-77H,3-4,6,8-10,12,14-16,18,20-22,24,26-28,30,32-34,37-58,60,62-66,68,70-71H2,1-2H3,(H,75,78)/b7-5-,13-11-,19-17-,25-23-,31-29-,36-35-,61-59+,69-67+. The van der Waals surface area contributed by atoms with Crippen molar-refractivity contribution in [2.24, 2.45) is 0 Å². The maximum Gasteiger partial charge on any atom is 0.220 e. The number of aliphatic hydroxyl groups is 2. The molecule has 0 radical (unpaired) electrons. The molecule has 3 N–H and O–H groups in total. The largest absolute Gasteiger partial charge is 0.394 e. The van der Waals surface area contributed by atoms with Crippen LogP contribution in [0.5, 0.6) is 0 Å². The van der Waals surface area contributed by atoms with Crippen LogP contribution in [0, 0.1) is 0 Å². The molecule has 0 heterocycles. The van der Waals surface area contributed by atoms with Crippen LogP contribution in [-0.4, -0.2) is 34.9 Å². The van der Waals surface area contributed by atoms with Crippen LogP contribution in [0.4, 0.5) is 0 Å². The van der Waals surface area contributed by atoms with Crippen molar-refractivity contribution < 1.29 is 15.0 Å². The van der Waals surface area contributed by atoms with Crippen LogP contribution in [-0.2, 0) is 4.79 Å². The average Bonchev–Trinajstić information content (AvgIpc) is 3.44. The molecule has 0 saturated carbocycles. The molecular formula is C74H133NO3. The third-order valence-electron chi connectivity index (χ3n) is 15.6. The van der Waals surface area contributed by atoms with Gasteiger partial charge in [-0.25, -0.2) is 0 Å². The zero-order chi connectivity index (χ0) is 56.2. The number of carbonyl (C=O) groups is 1. The summed E-state index contributed by atoms with van der Waals surface area (Å²) in [7, 11) is 0. The Balaban J connectivity index is 3.50. The number of rotatable bonds is 63. The molecule has 0 aliphatic rings. The maximum absolute atomic E-state index is 12.5. The Morgan fingerprint density at radius 1 is 0.321 bits per heavy atom. The molecule has 0 spiro atoms. The lowest BCUT2D eigenvalue weighted by molar-refractivity contribution is -0.123. The second kappa shape index (κ2) is 68.6. The Kier molecular flexibility index (Phi) is 66.2. The van der Waals surface area contributed by atoms with Crippen LogP contribution < -0.4 is 5.32 Å². The summed E-state index contributed by atoms with van der Waals surface area (Å²) in [5.74, 6) is -0.0721. The average molecular weight is 1080 g/mol. The number of allylic oxidation sites excluding steroid dienone is 15. The summed E-state index contributed by atoms with van der Waals surface area (Å²) >= 11 is 0. The van der Waals surface area contributed by atoms with Gasteiger partial charge in [-0.15, -0.1) is 0 Å². The van der Waals surface area contributed by atoms with Crippen molar-refractivity contribution in [1.82, 2.24) is 5.32 Å². The quantitative estimate of drug-likeness (QED) is 0.0420. The lowest BCUT2D eigenvalue weighted by Gasteiger charge is -2.19. The number of amides is 1. The van der Waals surface area contributed by atoms with Crippen LogP contribution >= 0.6 is 0 Å². The van der Waals surface area contributed by atoms with Gasteiger partial charge in [0.15, 0.2) is 0 Å². The number of carbonyl (C=O) groups excluding carboxylic acids is 1. The summed E-state index contributed by atoms with van der Waals surface area (Å²) in [5.41, 5.74) is 0. The fourth-order valence-electron chi connectivity index (χ4n) is 10.4. The molecule has 0 aliphatic heterocycles. The van der Waals surface area contributed by atoms with Crippen molar-refractivity contribution in [2.45, 2.75) is 360 Å². The fourth-order valence-corrected chi connectivity index (χ4v) is 10.4. The van der Waals surface area contributed by atoms with E-state index in [0.717, 1.165) is 70.6 Å². The number of aliphatic hydroxyl groups excluding tert-OH is 2. The molecule has 0 aliphatic carbocycles. The van der Waals surface area contributed by atoms with Crippen LogP contribution in [0.15, 0.2) is 97.2 Å². The van der Waals surface area contributed by atoms with E-state index in [4.69, 9.17) is 0 Å². The highest BCUT2D eigenvalue weighted by molar-refractivity contribution is 5.76. The summed E-state index contributed by atoms with van der Waals surface area (Å²) in [6.45, 7) is 4.21. The van der Waals surface area contributed by atoms with Gasteiger partial charge in [-0.05, 0) is 83.5 Å². The molecule has 4 nitrogen and oxygen atoms in total. The van der Waals surface area contributed by atoms with Crippen LogP contribution in [0.25, 0.3) is 0 Å². The highest BCUT2D eigenvalue weighted by atomic mass is 16.3. The molecule has 0 saturated heterocycles. The van der Waals surface area contributed by atoms with Crippen LogP contribution in [0.1, 0.15) is 348 Å². The monoisotopic (exact) mass is 1080 g/mol. The first-order valence-corrected chi connectivity index (χ1v) is 34.5. The summed E-state index contributed by atoms with van der Waals surface area (Å²) in [4.78, 5) is 12.5. The van der Waals surface area contributed by atoms with Crippen molar-refractivity contribution in [3.05, 3.63) is 97.2 Å². The summed E-state index contributed by atoms with van der Waals surface area (Å²) in [5, 5.41) is 23.3. The van der Waals surface area contributed by atoms with E-state index in [0.29, 0.717) is 6.42 Å². The molecule has 2 atom stereocenters. The fraction of sp³-hybridized carbons (Fsp3) is 0.770. The third-order valence-corrected chi connectivity index (χ3v) is 15.6. The molecule has 4 heteroatoms. The molecule has 0 aromatic rings. The third kappa shape index (κ3) is 64.1. The minimum atomic E-state index is -0.868. The Bertz CT molecular complexity index is 1420. The normalized spacial score (nSPS) is 13.3. The van der Waals surface area contributed by atoms with E-state index in [-0.39, 0.29) is 12.5 Å². The van der Waals surface area contributed by atoms with Crippen molar-refractivity contribution in [3.8, 4) is 0 Å². The molecule has 78 heavy (non-hydrogen) atoms. The van der Waals surface area contributed by atoms with E-state index in [2.05, 4.69) is 104 Å². The highest BCUT2D eigenvalue weighted by Crippen LogP contribution is 2.18. The van der Waals surface area contributed by atoms with Gasteiger partial charge in [-0.3, -0.25) is 4.79 Å². The first-order valence-electron chi connectivity index (χ1n) is 34.5. The SMILES string of the molecule is CC/C=C\C/C=C\C/C=C\C/C=C\C/C=C\C/C=C\CCCCCCCCCCCCCCCCCCC(=O)NC(CO)C(O)/C=C/CC/C=C/CCCCCCCCCCCCCCCCCCCCCCCCCCC. The molecular weight excluding hydrogens is 951 g/mol. The summed E-state index contributed by atoms with van der Waals surface area (Å²) < 4.78 is 0. The van der Waals surface area contributed by atoms with Gasteiger partial charge >= 0.3 is 0 Å². The second-order valence-corrected chi connectivity index (χ2v) is 23.2. The Morgan fingerprint density at radius 2 is 0.577 bits per heavy atom. The summed E-state index contributed by atoms with van der Waals surface area (Å²) in [6.07, 6.45) is 102. The Morgan fingerprint density at radius 3 is 0.897 bits per heavy atom. The number of unbranched alkanes of at least 4 members (excludes halogenated alkanes) is 42. The molecule has 452 valence electrons. The molecule has 0 rings (SSSR count). The summed E-state index contributed by atoms with van der Waals surface area (Å²) in [6, 6.07) is -0.645. The van der Waals surface area contributed by atoms with Crippen molar-refractivity contribution in [1.29, 1.82) is 0 Å². The van der Waals surface area contributed by atoms with E-state index in [9.17, 15) is 15.0 Å². The minimum absolute atomic E-state index is 0.0721. The van der Waals surface area contributed by atoms with E-state index < -0.39 is 12.1 Å². The minimum Gasteiger partial charge on any atom is -0.394 e. The zero-order valence-electron chi connectivity index (χ0n) is 52.2. The van der Waals surface area contributed by atoms with Gasteiger partial charge < -0.3 is 15.5 Å². The Hall–Kier alpha value is -2.69. The predicted molar refractivity (Wildman–Crippen MR) is 350 cm³/mol. The van der Waals surface area contributed by atoms with E-state index in [1.165, 1.54) is 257 Å². The van der Waals surface area contributed by atoms with Crippen LogP contribution in [0.3, 0.4) is 0 Å². The van der Waals surface area contributed by atoms with Gasteiger partial charge in [0.05, 0.1) is 18.8 Å². The van der Waals surface area contributed by atoms with E-state index >= 15 is 0 Å². The van der Waals surface area contributed by atoms with Crippen molar-refractivity contribution in [3.63, 3.8) is 0 Å². The molecule has 0 aromatic heterocycles. The lowest BCUT2D eigenvalue weighted by Crippen LogP contribution is -2.45. The molecule has 0 bridgehead atoms. The molecule has 2 unspecified atom stereocenters. The van der Waals surface area contributed by atoms with Gasteiger partial charge in [-0.1, -0.05) is 355 Å². The second-order valence-electron chi connectivity index (χ2n) is 23.2. The topological polar surface area (TPSA) is 69.6 Å². The number of nitrogens with one attached hydrogen (secondary N) is 1. The predicted octanol–water partition coefficient (Wildman–Crippen LogP) is 23.6. The smallest absolute Gasteiger partial charge is 0.220 e. The van der Waals surface area contributed by atoms with Gasteiger partial charge in [-0.2, -0.15) is 0 Å². The first-order chi connectivity index (χ1) is 38.7. The zero-order valence-corrected chi connectivity index (χ0v) is 52.2. The lowest BCUT2D eigenvalue weighted by atomic mass is 10.0. The number of hydrogen-bond donors (Lipinski definition) is 3. The van der Waals surface area contributed by atoms with Crippen LogP contribution in [0.2, 0.25) is 0 Å². The van der Waals surface area contributed by atoms with Crippen molar-refractivity contribution in [2.75, 3.05) is 6.61 Å². The van der Waals surface area contributed by atoms with Gasteiger partial charge in [0.2, 0.25) is 5.91 Å². The van der Waals surface area contributed by atoms with Crippen molar-refractivity contribution >= 4 is 5.91 Å². The van der Waals surface area contributed by atoms with Gasteiger partial charge in [0.1, 0.15) is 0 Å². The Labute approximate surface area is 487 Å². The molecule has 0 aromatic carbocycles. The van der Waals surface area contributed by atoms with E-state index in [1.807, 2.05) is 6.08 Å².